The topological polar surface area (TPSA) is 60.3 Å². The molecule has 1 heterocycles. The van der Waals surface area contributed by atoms with Gasteiger partial charge in [-0.1, -0.05) is 17.4 Å². The Hall–Kier alpha value is -2.15. The van der Waals surface area contributed by atoms with Crippen LogP contribution >= 0.6 is 11.3 Å². The van der Waals surface area contributed by atoms with Crippen molar-refractivity contribution in [3.63, 3.8) is 0 Å². The highest BCUT2D eigenvalue weighted by Crippen LogP contribution is 2.17. The first-order valence-corrected chi connectivity index (χ1v) is 7.13. The van der Waals surface area contributed by atoms with Gasteiger partial charge in [-0.05, 0) is 24.6 Å². The van der Waals surface area contributed by atoms with E-state index in [9.17, 15) is 14.0 Å². The lowest BCUT2D eigenvalue weighted by Gasteiger charge is -2.08. The van der Waals surface area contributed by atoms with Gasteiger partial charge in [0.1, 0.15) is 6.54 Å². The molecule has 0 aliphatic heterocycles. The summed E-state index contributed by atoms with van der Waals surface area (Å²) < 4.78 is 19.7. The van der Waals surface area contributed by atoms with Crippen LogP contribution in [-0.2, 0) is 17.9 Å². The molecule has 21 heavy (non-hydrogen) atoms. The Bertz CT molecular complexity index is 708. The van der Waals surface area contributed by atoms with Crippen LogP contribution in [0.2, 0.25) is 0 Å². The lowest BCUT2D eigenvalue weighted by Crippen LogP contribution is -2.30. The molecule has 7 heteroatoms. The minimum atomic E-state index is -0.478. The molecule has 0 atom stereocenters. The predicted molar refractivity (Wildman–Crippen MR) is 78.1 cm³/mol. The fraction of sp³-hybridized carbons (Fsp3) is 0.286. The number of nitrogens with one attached hydrogen (secondary N) is 1. The molecular weight excluding hydrogens is 295 g/mol. The molecule has 0 fully saturated rings. The molecule has 1 amide bonds. The number of ether oxygens (including phenoxy) is 1. The summed E-state index contributed by atoms with van der Waals surface area (Å²) in [4.78, 5) is 23.1. The molecule has 5 nitrogen and oxygen atoms in total. The Labute approximate surface area is 125 Å². The molecular formula is C14H15FN2O3S. The zero-order chi connectivity index (χ0) is 15.4. The predicted octanol–water partition coefficient (Wildman–Crippen LogP) is 1.68. The number of methoxy groups -OCH3 is 1. The average Bonchev–Trinajstić information content (AvgIpc) is 2.77. The first kappa shape index (κ1) is 15.2. The third-order valence-corrected chi connectivity index (χ3v) is 3.87. The second kappa shape index (κ2) is 6.53. The molecule has 1 aromatic carbocycles. The van der Waals surface area contributed by atoms with Crippen LogP contribution in [0.4, 0.5) is 4.39 Å². The number of aryl methyl sites for hydroxylation is 1. The monoisotopic (exact) mass is 310 g/mol. The molecule has 2 rings (SSSR count). The van der Waals surface area contributed by atoms with Crippen molar-refractivity contribution >= 4 is 17.2 Å². The van der Waals surface area contributed by atoms with Crippen molar-refractivity contribution in [1.29, 1.82) is 0 Å². The molecule has 1 aromatic heterocycles. The van der Waals surface area contributed by atoms with Gasteiger partial charge < -0.3 is 10.1 Å². The van der Waals surface area contributed by atoms with Gasteiger partial charge in [-0.3, -0.25) is 14.2 Å². The van der Waals surface area contributed by atoms with Crippen molar-refractivity contribution in [2.75, 3.05) is 7.11 Å². The largest absolute Gasteiger partial charge is 0.494 e. The first-order chi connectivity index (χ1) is 10.0. The number of halogens is 1. The van der Waals surface area contributed by atoms with Crippen molar-refractivity contribution in [1.82, 2.24) is 9.88 Å². The van der Waals surface area contributed by atoms with Crippen molar-refractivity contribution in [3.8, 4) is 5.75 Å². The van der Waals surface area contributed by atoms with Gasteiger partial charge in [0.15, 0.2) is 11.6 Å². The molecule has 2 aromatic rings. The number of aromatic nitrogens is 1. The molecule has 0 spiro atoms. The highest BCUT2D eigenvalue weighted by atomic mass is 32.1. The minimum absolute atomic E-state index is 0.0349. The number of hydrogen-bond donors (Lipinski definition) is 1. The number of hydrogen-bond acceptors (Lipinski definition) is 4. The van der Waals surface area contributed by atoms with Crippen LogP contribution in [-0.4, -0.2) is 17.6 Å². The molecule has 0 aliphatic rings. The standard InChI is InChI=1S/C14H15FN2O3S/c1-9-8-21-14(19)17(9)7-13(18)16-6-10-3-4-12(20-2)11(15)5-10/h3-5,8H,6-7H2,1-2H3,(H,16,18). The van der Waals surface area contributed by atoms with Gasteiger partial charge >= 0.3 is 4.87 Å². The number of rotatable bonds is 5. The number of thiazole rings is 1. The van der Waals surface area contributed by atoms with Gasteiger partial charge in [-0.2, -0.15) is 0 Å². The Balaban J connectivity index is 1.95. The van der Waals surface area contributed by atoms with Gasteiger partial charge in [-0.25, -0.2) is 4.39 Å². The smallest absolute Gasteiger partial charge is 0.307 e. The normalized spacial score (nSPS) is 10.4. The first-order valence-electron chi connectivity index (χ1n) is 6.25. The maximum Gasteiger partial charge on any atom is 0.307 e. The van der Waals surface area contributed by atoms with Gasteiger partial charge in [0, 0.05) is 17.6 Å². The lowest BCUT2D eigenvalue weighted by atomic mass is 10.2. The van der Waals surface area contributed by atoms with E-state index in [2.05, 4.69) is 5.32 Å². The van der Waals surface area contributed by atoms with E-state index < -0.39 is 5.82 Å². The summed E-state index contributed by atoms with van der Waals surface area (Å²) in [7, 11) is 1.39. The summed E-state index contributed by atoms with van der Waals surface area (Å²) in [6.07, 6.45) is 0. The molecule has 0 saturated heterocycles. The third-order valence-electron chi connectivity index (χ3n) is 2.98. The van der Waals surface area contributed by atoms with Crippen LogP contribution in [0.25, 0.3) is 0 Å². The highest BCUT2D eigenvalue weighted by Gasteiger charge is 2.09. The Kier molecular flexibility index (Phi) is 4.74. The molecule has 0 bridgehead atoms. The van der Waals surface area contributed by atoms with E-state index in [1.807, 2.05) is 0 Å². The van der Waals surface area contributed by atoms with Crippen molar-refractivity contribution in [2.45, 2.75) is 20.0 Å². The molecule has 0 aliphatic carbocycles. The van der Waals surface area contributed by atoms with Crippen LogP contribution in [0.3, 0.4) is 0 Å². The van der Waals surface area contributed by atoms with Crippen LogP contribution in [0.1, 0.15) is 11.3 Å². The minimum Gasteiger partial charge on any atom is -0.494 e. The second-order valence-corrected chi connectivity index (χ2v) is 5.30. The van der Waals surface area contributed by atoms with E-state index in [0.717, 1.165) is 17.0 Å². The van der Waals surface area contributed by atoms with Crippen molar-refractivity contribution in [3.05, 3.63) is 50.3 Å². The summed E-state index contributed by atoms with van der Waals surface area (Å²) in [5, 5.41) is 4.36. The summed E-state index contributed by atoms with van der Waals surface area (Å²) in [5.41, 5.74) is 1.37. The fourth-order valence-electron chi connectivity index (χ4n) is 1.82. The zero-order valence-corrected chi connectivity index (χ0v) is 12.5. The summed E-state index contributed by atoms with van der Waals surface area (Å²) in [6, 6.07) is 4.48. The number of amides is 1. The van der Waals surface area contributed by atoms with E-state index in [4.69, 9.17) is 4.74 Å². The average molecular weight is 310 g/mol. The van der Waals surface area contributed by atoms with Gasteiger partial charge in [0.2, 0.25) is 5.91 Å². The molecule has 0 saturated carbocycles. The molecule has 0 radical (unpaired) electrons. The van der Waals surface area contributed by atoms with E-state index in [0.29, 0.717) is 5.56 Å². The number of carbonyl (C=O) groups excluding carboxylic acids is 1. The molecule has 112 valence electrons. The third kappa shape index (κ3) is 3.69. The van der Waals surface area contributed by atoms with Crippen LogP contribution < -0.4 is 14.9 Å². The number of carbonyl (C=O) groups is 1. The highest BCUT2D eigenvalue weighted by molar-refractivity contribution is 7.07. The van der Waals surface area contributed by atoms with Crippen LogP contribution in [0, 0.1) is 12.7 Å². The molecule has 0 unspecified atom stereocenters. The van der Waals surface area contributed by atoms with Gasteiger partial charge in [0.25, 0.3) is 0 Å². The Morgan fingerprint density at radius 2 is 2.24 bits per heavy atom. The van der Waals surface area contributed by atoms with Crippen molar-refractivity contribution < 1.29 is 13.9 Å². The Morgan fingerprint density at radius 1 is 1.48 bits per heavy atom. The van der Waals surface area contributed by atoms with Crippen molar-refractivity contribution in [2.24, 2.45) is 0 Å². The quantitative estimate of drug-likeness (QED) is 0.914. The maximum absolute atomic E-state index is 13.5. The number of nitrogens with zero attached hydrogens (tertiary/aromatic N) is 1. The van der Waals surface area contributed by atoms with E-state index in [1.54, 1.807) is 18.4 Å². The zero-order valence-electron chi connectivity index (χ0n) is 11.7. The van der Waals surface area contributed by atoms with Crippen LogP contribution in [0.5, 0.6) is 5.75 Å². The lowest BCUT2D eigenvalue weighted by molar-refractivity contribution is -0.121. The summed E-state index contributed by atoms with van der Waals surface area (Å²) in [6.45, 7) is 1.93. The fourth-order valence-corrected chi connectivity index (χ4v) is 2.55. The van der Waals surface area contributed by atoms with Gasteiger partial charge in [-0.15, -0.1) is 0 Å². The SMILES string of the molecule is COc1ccc(CNC(=O)Cn2c(C)csc2=O)cc1F. The number of benzene rings is 1. The van der Waals surface area contributed by atoms with Gasteiger partial charge in [0.05, 0.1) is 7.11 Å². The van der Waals surface area contributed by atoms with Crippen LogP contribution in [0.15, 0.2) is 28.4 Å². The summed E-state index contributed by atoms with van der Waals surface area (Å²) in [5.74, 6) is -0.616. The Morgan fingerprint density at radius 3 is 2.81 bits per heavy atom. The molecule has 1 N–H and O–H groups in total. The van der Waals surface area contributed by atoms with E-state index >= 15 is 0 Å². The van der Waals surface area contributed by atoms with E-state index in [-0.39, 0.29) is 29.6 Å². The maximum atomic E-state index is 13.5. The van der Waals surface area contributed by atoms with E-state index in [1.165, 1.54) is 23.8 Å². The summed E-state index contributed by atoms with van der Waals surface area (Å²) >= 11 is 1.06. The second-order valence-electron chi connectivity index (χ2n) is 4.47.